The average molecular weight is 290 g/mol. The standard InChI is InChI=1S/C16H22N2O3/c1-10(2)17-15(19)11(3)18-8-12-6-4-5-7-13(12)14(9-18)16(20)21/h4-7,10-11,14H,8-9H2,1-3H3,(H,17,19)(H,20,21). The first-order valence-electron chi connectivity index (χ1n) is 7.25. The normalized spacial score (nSPS) is 19.9. The Bertz CT molecular complexity index is 542. The van der Waals surface area contributed by atoms with E-state index >= 15 is 0 Å². The minimum absolute atomic E-state index is 0.0616. The number of rotatable bonds is 4. The van der Waals surface area contributed by atoms with Gasteiger partial charge in [-0.2, -0.15) is 0 Å². The van der Waals surface area contributed by atoms with Crippen molar-refractivity contribution >= 4 is 11.9 Å². The fourth-order valence-corrected chi connectivity index (χ4v) is 2.71. The van der Waals surface area contributed by atoms with E-state index in [4.69, 9.17) is 0 Å². The highest BCUT2D eigenvalue weighted by molar-refractivity contribution is 5.82. The van der Waals surface area contributed by atoms with Gasteiger partial charge in [-0.1, -0.05) is 24.3 Å². The smallest absolute Gasteiger partial charge is 0.312 e. The molecule has 2 atom stereocenters. The van der Waals surface area contributed by atoms with Crippen LogP contribution in [0.4, 0.5) is 0 Å². The van der Waals surface area contributed by atoms with Gasteiger partial charge in [-0.05, 0) is 31.9 Å². The van der Waals surface area contributed by atoms with E-state index in [1.54, 1.807) is 0 Å². The average Bonchev–Trinajstić information content (AvgIpc) is 2.44. The van der Waals surface area contributed by atoms with Crippen LogP contribution in [0, 0.1) is 0 Å². The van der Waals surface area contributed by atoms with Gasteiger partial charge in [-0.15, -0.1) is 0 Å². The van der Waals surface area contributed by atoms with Gasteiger partial charge in [0.05, 0.1) is 12.0 Å². The van der Waals surface area contributed by atoms with Crippen molar-refractivity contribution < 1.29 is 14.7 Å². The molecule has 0 aliphatic carbocycles. The lowest BCUT2D eigenvalue weighted by molar-refractivity contribution is -0.140. The van der Waals surface area contributed by atoms with Crippen LogP contribution in [0.3, 0.4) is 0 Å². The van der Waals surface area contributed by atoms with Gasteiger partial charge >= 0.3 is 5.97 Å². The lowest BCUT2D eigenvalue weighted by atomic mass is 9.89. The third-order valence-corrected chi connectivity index (χ3v) is 3.88. The molecule has 1 aliphatic rings. The van der Waals surface area contributed by atoms with Gasteiger partial charge in [0.15, 0.2) is 0 Å². The number of hydrogen-bond donors (Lipinski definition) is 2. The molecule has 21 heavy (non-hydrogen) atoms. The van der Waals surface area contributed by atoms with Crippen LogP contribution >= 0.6 is 0 Å². The zero-order valence-corrected chi connectivity index (χ0v) is 12.7. The molecule has 2 unspecified atom stereocenters. The number of amides is 1. The van der Waals surface area contributed by atoms with Gasteiger partial charge in [0.1, 0.15) is 0 Å². The van der Waals surface area contributed by atoms with Crippen LogP contribution in [0.1, 0.15) is 37.8 Å². The number of carbonyl (C=O) groups excluding carboxylic acids is 1. The quantitative estimate of drug-likeness (QED) is 0.883. The van der Waals surface area contributed by atoms with Gasteiger partial charge in [-0.3, -0.25) is 14.5 Å². The number of nitrogens with one attached hydrogen (secondary N) is 1. The molecule has 1 aliphatic heterocycles. The highest BCUT2D eigenvalue weighted by atomic mass is 16.4. The lowest BCUT2D eigenvalue weighted by Gasteiger charge is -2.36. The maximum atomic E-state index is 12.1. The van der Waals surface area contributed by atoms with E-state index in [9.17, 15) is 14.7 Å². The molecule has 0 saturated heterocycles. The summed E-state index contributed by atoms with van der Waals surface area (Å²) in [5.74, 6) is -1.48. The second-order valence-corrected chi connectivity index (χ2v) is 5.86. The molecule has 1 heterocycles. The van der Waals surface area contributed by atoms with E-state index in [1.165, 1.54) is 0 Å². The number of carboxylic acid groups (broad SMARTS) is 1. The highest BCUT2D eigenvalue weighted by Crippen LogP contribution is 2.29. The summed E-state index contributed by atoms with van der Waals surface area (Å²) in [4.78, 5) is 25.6. The molecule has 0 fully saturated rings. The predicted molar refractivity (Wildman–Crippen MR) is 80.0 cm³/mol. The van der Waals surface area contributed by atoms with Gasteiger partial charge in [0.25, 0.3) is 0 Å². The summed E-state index contributed by atoms with van der Waals surface area (Å²) in [6.07, 6.45) is 0. The van der Waals surface area contributed by atoms with Crippen molar-refractivity contribution in [2.75, 3.05) is 6.54 Å². The van der Waals surface area contributed by atoms with Crippen molar-refractivity contribution in [2.45, 2.75) is 45.3 Å². The summed E-state index contributed by atoms with van der Waals surface area (Å²) in [6.45, 7) is 6.61. The molecule has 114 valence electrons. The van der Waals surface area contributed by atoms with Crippen molar-refractivity contribution in [3.05, 3.63) is 35.4 Å². The Morgan fingerprint density at radius 1 is 1.29 bits per heavy atom. The molecule has 0 bridgehead atoms. The molecule has 0 spiro atoms. The molecule has 0 radical (unpaired) electrons. The lowest BCUT2D eigenvalue weighted by Crippen LogP contribution is -2.50. The molecule has 0 saturated carbocycles. The van der Waals surface area contributed by atoms with Gasteiger partial charge < -0.3 is 10.4 Å². The first kappa shape index (κ1) is 15.5. The zero-order chi connectivity index (χ0) is 15.6. The van der Waals surface area contributed by atoms with Crippen molar-refractivity contribution in [3.8, 4) is 0 Å². The van der Waals surface area contributed by atoms with Gasteiger partial charge in [-0.25, -0.2) is 0 Å². The monoisotopic (exact) mass is 290 g/mol. The Labute approximate surface area is 125 Å². The van der Waals surface area contributed by atoms with Crippen LogP contribution in [0.2, 0.25) is 0 Å². The molecule has 5 nitrogen and oxygen atoms in total. The Kier molecular flexibility index (Phi) is 4.63. The zero-order valence-electron chi connectivity index (χ0n) is 12.7. The summed E-state index contributed by atoms with van der Waals surface area (Å²) in [7, 11) is 0. The van der Waals surface area contributed by atoms with Crippen LogP contribution in [-0.4, -0.2) is 40.5 Å². The molecule has 2 rings (SSSR count). The largest absolute Gasteiger partial charge is 0.481 e. The Morgan fingerprint density at radius 3 is 2.57 bits per heavy atom. The molecular formula is C16H22N2O3. The first-order valence-corrected chi connectivity index (χ1v) is 7.25. The number of hydrogen-bond acceptors (Lipinski definition) is 3. The van der Waals surface area contributed by atoms with E-state index in [2.05, 4.69) is 5.32 Å². The fraction of sp³-hybridized carbons (Fsp3) is 0.500. The molecule has 1 amide bonds. The van der Waals surface area contributed by atoms with Crippen LogP contribution in [0.15, 0.2) is 24.3 Å². The maximum absolute atomic E-state index is 12.1. The van der Waals surface area contributed by atoms with E-state index in [1.807, 2.05) is 49.9 Å². The maximum Gasteiger partial charge on any atom is 0.312 e. The summed E-state index contributed by atoms with van der Waals surface area (Å²) < 4.78 is 0. The third kappa shape index (κ3) is 3.42. The van der Waals surface area contributed by atoms with Crippen LogP contribution in [0.5, 0.6) is 0 Å². The number of aliphatic carboxylic acids is 1. The molecule has 0 aromatic heterocycles. The summed E-state index contributed by atoms with van der Waals surface area (Å²) in [6, 6.07) is 7.30. The molecule has 1 aromatic carbocycles. The minimum Gasteiger partial charge on any atom is -0.481 e. The second kappa shape index (κ2) is 6.26. The van der Waals surface area contributed by atoms with Crippen LogP contribution in [-0.2, 0) is 16.1 Å². The SMILES string of the molecule is CC(C)NC(=O)C(C)N1Cc2ccccc2C(C(=O)O)C1. The number of nitrogens with zero attached hydrogens (tertiary/aromatic N) is 1. The molecule has 2 N–H and O–H groups in total. The van der Waals surface area contributed by atoms with E-state index < -0.39 is 11.9 Å². The van der Waals surface area contributed by atoms with E-state index in [0.717, 1.165) is 11.1 Å². The van der Waals surface area contributed by atoms with Crippen molar-refractivity contribution in [2.24, 2.45) is 0 Å². The topological polar surface area (TPSA) is 69.6 Å². The summed E-state index contributed by atoms with van der Waals surface area (Å²) in [5, 5.41) is 12.3. The minimum atomic E-state index is -0.844. The van der Waals surface area contributed by atoms with E-state index in [-0.39, 0.29) is 18.0 Å². The number of carbonyl (C=O) groups is 2. The third-order valence-electron chi connectivity index (χ3n) is 3.88. The highest BCUT2D eigenvalue weighted by Gasteiger charge is 2.34. The van der Waals surface area contributed by atoms with E-state index in [0.29, 0.717) is 13.1 Å². The Hall–Kier alpha value is -1.88. The first-order chi connectivity index (χ1) is 9.90. The number of benzene rings is 1. The molecular weight excluding hydrogens is 268 g/mol. The van der Waals surface area contributed by atoms with Crippen molar-refractivity contribution in [3.63, 3.8) is 0 Å². The summed E-state index contributed by atoms with van der Waals surface area (Å²) in [5.41, 5.74) is 1.85. The molecule has 1 aromatic rings. The van der Waals surface area contributed by atoms with Crippen molar-refractivity contribution in [1.29, 1.82) is 0 Å². The van der Waals surface area contributed by atoms with Crippen LogP contribution < -0.4 is 5.32 Å². The van der Waals surface area contributed by atoms with Gasteiger partial charge in [0, 0.05) is 19.1 Å². The molecule has 5 heteroatoms. The Morgan fingerprint density at radius 2 is 1.95 bits per heavy atom. The fourth-order valence-electron chi connectivity index (χ4n) is 2.71. The summed E-state index contributed by atoms with van der Waals surface area (Å²) >= 11 is 0. The number of fused-ring (bicyclic) bond motifs is 1. The van der Waals surface area contributed by atoms with Crippen LogP contribution in [0.25, 0.3) is 0 Å². The predicted octanol–water partition coefficient (Wildman–Crippen LogP) is 1.58. The number of carboxylic acids is 1. The second-order valence-electron chi connectivity index (χ2n) is 5.86. The van der Waals surface area contributed by atoms with Crippen molar-refractivity contribution in [1.82, 2.24) is 10.2 Å². The Balaban J connectivity index is 2.21. The van der Waals surface area contributed by atoms with Gasteiger partial charge in [0.2, 0.25) is 5.91 Å².